The zero-order valence-corrected chi connectivity index (χ0v) is 16.1. The number of halogens is 1. The van der Waals surface area contributed by atoms with Crippen LogP contribution in [0.15, 0.2) is 42.9 Å². The van der Waals surface area contributed by atoms with Crippen molar-refractivity contribution >= 4 is 5.82 Å². The Morgan fingerprint density at radius 1 is 1.17 bits per heavy atom. The molecule has 0 amide bonds. The minimum atomic E-state index is -0.917. The van der Waals surface area contributed by atoms with Crippen molar-refractivity contribution in [3.8, 4) is 28.3 Å². The Balaban J connectivity index is 1.36. The molecule has 1 unspecified atom stereocenters. The third kappa shape index (κ3) is 3.23. The summed E-state index contributed by atoms with van der Waals surface area (Å²) in [6, 6.07) is 7.34. The molecular formula is C21H23FN6O. The number of fused-ring (bicyclic) bond motifs is 2. The molecule has 2 fully saturated rings. The molecule has 2 aliphatic heterocycles. The molecule has 2 aromatic heterocycles. The van der Waals surface area contributed by atoms with Gasteiger partial charge in [0.1, 0.15) is 17.7 Å². The average Bonchev–Trinajstić information content (AvgIpc) is 3.41. The molecule has 0 aliphatic carbocycles. The van der Waals surface area contributed by atoms with E-state index in [1.165, 1.54) is 0 Å². The first kappa shape index (κ1) is 18.1. The van der Waals surface area contributed by atoms with E-state index < -0.39 is 6.17 Å². The first-order valence-corrected chi connectivity index (χ1v) is 9.88. The summed E-state index contributed by atoms with van der Waals surface area (Å²) in [6.07, 6.45) is 6.72. The second-order valence-corrected chi connectivity index (χ2v) is 7.87. The van der Waals surface area contributed by atoms with Gasteiger partial charge in [-0.2, -0.15) is 5.10 Å². The first-order chi connectivity index (χ1) is 14.1. The number of aromatic hydroxyl groups is 1. The van der Waals surface area contributed by atoms with Crippen LogP contribution >= 0.6 is 0 Å². The Kier molecular flexibility index (Phi) is 4.43. The summed E-state index contributed by atoms with van der Waals surface area (Å²) in [5.41, 5.74) is 2.82. The fourth-order valence-corrected chi connectivity index (χ4v) is 4.49. The van der Waals surface area contributed by atoms with Gasteiger partial charge in [0, 0.05) is 36.5 Å². The van der Waals surface area contributed by atoms with E-state index in [4.69, 9.17) is 0 Å². The van der Waals surface area contributed by atoms with Gasteiger partial charge in [-0.05, 0) is 37.5 Å². The van der Waals surface area contributed by atoms with E-state index in [2.05, 4.69) is 25.5 Å². The van der Waals surface area contributed by atoms with Crippen molar-refractivity contribution in [3.63, 3.8) is 0 Å². The zero-order chi connectivity index (χ0) is 20.0. The van der Waals surface area contributed by atoms with E-state index in [0.29, 0.717) is 23.1 Å². The third-order valence-corrected chi connectivity index (χ3v) is 6.14. The molecule has 4 atom stereocenters. The van der Waals surface area contributed by atoms with E-state index in [-0.39, 0.29) is 17.8 Å². The fourth-order valence-electron chi connectivity index (χ4n) is 4.49. The fraction of sp³-hybridized carbons (Fsp3) is 0.381. The summed E-state index contributed by atoms with van der Waals surface area (Å²) in [5, 5.41) is 20.6. The van der Waals surface area contributed by atoms with Gasteiger partial charge >= 0.3 is 0 Å². The number of phenolic OH excluding ortho intramolecular Hbond substituents is 1. The smallest absolute Gasteiger partial charge is 0.147 e. The summed E-state index contributed by atoms with van der Waals surface area (Å²) < 4.78 is 14.8. The molecule has 2 saturated heterocycles. The van der Waals surface area contributed by atoms with Crippen molar-refractivity contribution < 1.29 is 9.50 Å². The minimum absolute atomic E-state index is 0.0567. The number of hydrogen-bond donors (Lipinski definition) is 3. The molecule has 2 aliphatic rings. The number of nitrogens with one attached hydrogen (secondary N) is 2. The number of alkyl halides is 1. The second-order valence-electron chi connectivity index (χ2n) is 7.87. The highest BCUT2D eigenvalue weighted by Gasteiger charge is 2.43. The Morgan fingerprint density at radius 2 is 2.07 bits per heavy atom. The van der Waals surface area contributed by atoms with Gasteiger partial charge in [0.2, 0.25) is 0 Å². The molecule has 3 N–H and O–H groups in total. The number of benzene rings is 1. The van der Waals surface area contributed by atoms with E-state index in [9.17, 15) is 9.50 Å². The molecule has 29 heavy (non-hydrogen) atoms. The predicted molar refractivity (Wildman–Crippen MR) is 108 cm³/mol. The monoisotopic (exact) mass is 394 g/mol. The van der Waals surface area contributed by atoms with E-state index in [1.807, 2.05) is 24.1 Å². The van der Waals surface area contributed by atoms with Gasteiger partial charge in [-0.25, -0.2) is 9.37 Å². The van der Waals surface area contributed by atoms with Crippen LogP contribution in [-0.4, -0.2) is 56.6 Å². The number of aromatic amines is 1. The van der Waals surface area contributed by atoms with E-state index in [1.54, 1.807) is 30.7 Å². The molecule has 2 bridgehead atoms. The lowest BCUT2D eigenvalue weighted by Crippen LogP contribution is -2.55. The van der Waals surface area contributed by atoms with Gasteiger partial charge in [0.25, 0.3) is 0 Å². The molecule has 0 radical (unpaired) electrons. The van der Waals surface area contributed by atoms with Crippen LogP contribution in [0.2, 0.25) is 0 Å². The Hall–Kier alpha value is -3.00. The molecule has 150 valence electrons. The highest BCUT2D eigenvalue weighted by molar-refractivity contribution is 5.72. The summed E-state index contributed by atoms with van der Waals surface area (Å²) >= 11 is 0. The lowest BCUT2D eigenvalue weighted by atomic mass is 9.96. The lowest BCUT2D eigenvalue weighted by Gasteiger charge is -2.38. The molecule has 8 heteroatoms. The van der Waals surface area contributed by atoms with E-state index in [0.717, 1.165) is 30.5 Å². The second kappa shape index (κ2) is 7.11. The van der Waals surface area contributed by atoms with Crippen LogP contribution in [0.3, 0.4) is 0 Å². The highest BCUT2D eigenvalue weighted by Crippen LogP contribution is 2.34. The number of aromatic nitrogens is 4. The van der Waals surface area contributed by atoms with Crippen LogP contribution in [0, 0.1) is 0 Å². The minimum Gasteiger partial charge on any atom is -0.507 e. The van der Waals surface area contributed by atoms with Gasteiger partial charge in [-0.3, -0.25) is 10.1 Å². The number of hydrogen-bond acceptors (Lipinski definition) is 6. The molecule has 7 nitrogen and oxygen atoms in total. The number of anilines is 1. The molecule has 0 saturated carbocycles. The SMILES string of the molecule is CN(c1cnc(-c2ccc(-c3ccn[nH]3)cc2O)cn1)[C@H]1C[C@@H]2CCC(N2)[C@H]1F. The Bertz CT molecular complexity index is 993. The van der Waals surface area contributed by atoms with Crippen molar-refractivity contribution in [2.75, 3.05) is 11.9 Å². The number of piperidine rings is 1. The highest BCUT2D eigenvalue weighted by atomic mass is 19.1. The van der Waals surface area contributed by atoms with Crippen molar-refractivity contribution in [1.29, 1.82) is 0 Å². The lowest BCUT2D eigenvalue weighted by molar-refractivity contribution is 0.176. The Labute approximate surface area is 168 Å². The first-order valence-electron chi connectivity index (χ1n) is 9.88. The predicted octanol–water partition coefficient (Wildman–Crippen LogP) is 2.91. The summed E-state index contributed by atoms with van der Waals surface area (Å²) in [7, 11) is 1.88. The maximum absolute atomic E-state index is 14.8. The summed E-state index contributed by atoms with van der Waals surface area (Å²) in [5.74, 6) is 0.752. The number of nitrogens with zero attached hydrogens (tertiary/aromatic N) is 4. The summed E-state index contributed by atoms with van der Waals surface area (Å²) in [6.45, 7) is 0. The van der Waals surface area contributed by atoms with Crippen LogP contribution in [0.5, 0.6) is 5.75 Å². The molecule has 4 heterocycles. The van der Waals surface area contributed by atoms with Gasteiger partial charge in [0.05, 0.1) is 29.8 Å². The number of phenols is 1. The van der Waals surface area contributed by atoms with Crippen molar-refractivity contribution in [3.05, 3.63) is 42.9 Å². The van der Waals surface area contributed by atoms with Gasteiger partial charge < -0.3 is 15.3 Å². The number of H-pyrrole nitrogens is 1. The largest absolute Gasteiger partial charge is 0.507 e. The van der Waals surface area contributed by atoms with Crippen molar-refractivity contribution in [2.24, 2.45) is 0 Å². The van der Waals surface area contributed by atoms with Crippen molar-refractivity contribution in [1.82, 2.24) is 25.5 Å². The van der Waals surface area contributed by atoms with Crippen LogP contribution in [-0.2, 0) is 0 Å². The van der Waals surface area contributed by atoms with Gasteiger partial charge in [-0.1, -0.05) is 6.07 Å². The van der Waals surface area contributed by atoms with Crippen LogP contribution in [0.4, 0.5) is 10.2 Å². The molecule has 0 spiro atoms. The van der Waals surface area contributed by atoms with Crippen LogP contribution in [0.25, 0.3) is 22.5 Å². The topological polar surface area (TPSA) is 90.0 Å². The van der Waals surface area contributed by atoms with E-state index >= 15 is 0 Å². The van der Waals surface area contributed by atoms with Crippen LogP contribution < -0.4 is 10.2 Å². The summed E-state index contributed by atoms with van der Waals surface area (Å²) in [4.78, 5) is 10.9. The molecule has 5 rings (SSSR count). The average molecular weight is 394 g/mol. The maximum atomic E-state index is 14.8. The van der Waals surface area contributed by atoms with Crippen LogP contribution in [0.1, 0.15) is 19.3 Å². The zero-order valence-electron chi connectivity index (χ0n) is 16.1. The maximum Gasteiger partial charge on any atom is 0.147 e. The molecule has 1 aromatic carbocycles. The molecular weight excluding hydrogens is 371 g/mol. The Morgan fingerprint density at radius 3 is 2.79 bits per heavy atom. The van der Waals surface area contributed by atoms with Crippen molar-refractivity contribution in [2.45, 2.75) is 43.6 Å². The number of rotatable bonds is 4. The van der Waals surface area contributed by atoms with Gasteiger partial charge in [-0.15, -0.1) is 0 Å². The quantitative estimate of drug-likeness (QED) is 0.630. The molecule has 3 aromatic rings. The van der Waals surface area contributed by atoms with Gasteiger partial charge in [0.15, 0.2) is 0 Å². The standard InChI is InChI=1S/C21H23FN6O/c1-28(18-9-13-3-5-16(26-13)21(18)22)20-11-23-17(10-24-20)14-4-2-12(8-19(14)29)15-6-7-25-27-15/h2,4,6-8,10-11,13,16,18,21,26,29H,3,5,9H2,1H3,(H,25,27)/t13-,16?,18-,21+/m0/s1. The third-order valence-electron chi connectivity index (χ3n) is 6.14. The normalized spacial score (nSPS) is 25.9.